The second-order valence-electron chi connectivity index (χ2n) is 5.86. The first-order valence-corrected chi connectivity index (χ1v) is 7.87. The third-order valence-corrected chi connectivity index (χ3v) is 4.39. The molecule has 2 aromatic rings. The summed E-state index contributed by atoms with van der Waals surface area (Å²) in [5, 5.41) is 3.44. The van der Waals surface area contributed by atoms with Gasteiger partial charge in [0.1, 0.15) is 11.6 Å². The monoisotopic (exact) mass is 281 g/mol. The quantitative estimate of drug-likeness (QED) is 0.920. The number of rotatable bonds is 4. The average molecular weight is 281 g/mol. The van der Waals surface area contributed by atoms with Gasteiger partial charge in [-0.3, -0.25) is 0 Å². The van der Waals surface area contributed by atoms with Gasteiger partial charge in [-0.2, -0.15) is 0 Å². The highest BCUT2D eigenvalue weighted by Crippen LogP contribution is 2.37. The van der Waals surface area contributed by atoms with E-state index in [0.29, 0.717) is 5.92 Å². The summed E-state index contributed by atoms with van der Waals surface area (Å²) in [5.74, 6) is 2.33. The molecule has 1 heterocycles. The molecule has 0 aliphatic heterocycles. The molecule has 0 spiro atoms. The van der Waals surface area contributed by atoms with Crippen LogP contribution in [0.4, 0.5) is 5.82 Å². The minimum absolute atomic E-state index is 0.350. The van der Waals surface area contributed by atoms with Crippen LogP contribution in [0.1, 0.15) is 53.9 Å². The molecule has 1 atom stereocenters. The van der Waals surface area contributed by atoms with E-state index in [9.17, 15) is 0 Å². The van der Waals surface area contributed by atoms with Gasteiger partial charge in [0.2, 0.25) is 0 Å². The summed E-state index contributed by atoms with van der Waals surface area (Å²) >= 11 is 0. The summed E-state index contributed by atoms with van der Waals surface area (Å²) in [6, 6.07) is 8.70. The van der Waals surface area contributed by atoms with E-state index in [1.54, 1.807) is 0 Å². The van der Waals surface area contributed by atoms with E-state index in [2.05, 4.69) is 50.4 Å². The van der Waals surface area contributed by atoms with Gasteiger partial charge in [-0.15, -0.1) is 0 Å². The molecule has 1 aromatic carbocycles. The van der Waals surface area contributed by atoms with E-state index in [4.69, 9.17) is 9.97 Å². The van der Waals surface area contributed by atoms with Crippen LogP contribution in [-0.2, 0) is 6.42 Å². The SMILES string of the molecule is CCCNc1nc(C2CCc3ccccc32)nc(C)c1C. The number of aryl methyl sites for hydroxylation is 2. The van der Waals surface area contributed by atoms with Crippen LogP contribution in [0.3, 0.4) is 0 Å². The van der Waals surface area contributed by atoms with Crippen LogP contribution in [0.5, 0.6) is 0 Å². The minimum Gasteiger partial charge on any atom is -0.370 e. The maximum Gasteiger partial charge on any atom is 0.138 e. The summed E-state index contributed by atoms with van der Waals surface area (Å²) in [7, 11) is 0. The lowest BCUT2D eigenvalue weighted by Crippen LogP contribution is -2.11. The Balaban J connectivity index is 1.98. The van der Waals surface area contributed by atoms with Gasteiger partial charge in [-0.05, 0) is 44.2 Å². The first-order valence-electron chi connectivity index (χ1n) is 7.87. The molecule has 0 amide bonds. The zero-order valence-electron chi connectivity index (χ0n) is 13.1. The smallest absolute Gasteiger partial charge is 0.138 e. The van der Waals surface area contributed by atoms with Crippen molar-refractivity contribution in [3.05, 3.63) is 52.5 Å². The van der Waals surface area contributed by atoms with Crippen molar-refractivity contribution in [1.29, 1.82) is 0 Å². The van der Waals surface area contributed by atoms with Gasteiger partial charge in [0.15, 0.2) is 0 Å². The lowest BCUT2D eigenvalue weighted by molar-refractivity contribution is 0.721. The van der Waals surface area contributed by atoms with E-state index >= 15 is 0 Å². The van der Waals surface area contributed by atoms with Crippen molar-refractivity contribution < 1.29 is 0 Å². The Morgan fingerprint density at radius 3 is 2.81 bits per heavy atom. The minimum atomic E-state index is 0.350. The highest BCUT2D eigenvalue weighted by Gasteiger charge is 2.26. The molecule has 3 nitrogen and oxygen atoms in total. The van der Waals surface area contributed by atoms with E-state index in [-0.39, 0.29) is 0 Å². The summed E-state index contributed by atoms with van der Waals surface area (Å²) in [5.41, 5.74) is 5.11. The summed E-state index contributed by atoms with van der Waals surface area (Å²) in [6.07, 6.45) is 3.36. The van der Waals surface area contributed by atoms with Crippen molar-refractivity contribution in [3.8, 4) is 0 Å². The van der Waals surface area contributed by atoms with E-state index in [0.717, 1.165) is 43.1 Å². The van der Waals surface area contributed by atoms with Gasteiger partial charge in [0, 0.05) is 23.7 Å². The van der Waals surface area contributed by atoms with Gasteiger partial charge in [0.25, 0.3) is 0 Å². The molecular formula is C18H23N3. The number of nitrogens with one attached hydrogen (secondary N) is 1. The molecule has 3 heteroatoms. The molecule has 0 saturated heterocycles. The molecule has 1 aliphatic carbocycles. The van der Waals surface area contributed by atoms with Gasteiger partial charge in [-0.25, -0.2) is 9.97 Å². The number of hydrogen-bond acceptors (Lipinski definition) is 3. The second kappa shape index (κ2) is 5.84. The third kappa shape index (κ3) is 2.65. The Hall–Kier alpha value is -1.90. The zero-order chi connectivity index (χ0) is 14.8. The fourth-order valence-electron chi connectivity index (χ4n) is 3.05. The number of anilines is 1. The molecule has 110 valence electrons. The Bertz CT molecular complexity index is 649. The standard InChI is InChI=1S/C18H23N3/c1-4-11-19-17-12(2)13(3)20-18(21-17)16-10-9-14-7-5-6-8-15(14)16/h5-8,16H,4,9-11H2,1-3H3,(H,19,20,21). The molecule has 1 N–H and O–H groups in total. The Labute approximate surface area is 126 Å². The number of nitrogens with zero attached hydrogens (tertiary/aromatic N) is 2. The van der Waals surface area contributed by atoms with E-state index in [1.807, 2.05) is 0 Å². The largest absolute Gasteiger partial charge is 0.370 e. The Morgan fingerprint density at radius 1 is 1.19 bits per heavy atom. The molecule has 0 radical (unpaired) electrons. The van der Waals surface area contributed by atoms with Crippen molar-refractivity contribution in [3.63, 3.8) is 0 Å². The molecule has 1 aromatic heterocycles. The van der Waals surface area contributed by atoms with Crippen molar-refractivity contribution >= 4 is 5.82 Å². The van der Waals surface area contributed by atoms with Gasteiger partial charge in [-0.1, -0.05) is 31.2 Å². The maximum absolute atomic E-state index is 4.83. The van der Waals surface area contributed by atoms with Crippen LogP contribution in [0, 0.1) is 13.8 Å². The topological polar surface area (TPSA) is 37.8 Å². The molecule has 21 heavy (non-hydrogen) atoms. The van der Waals surface area contributed by atoms with Crippen molar-refractivity contribution in [2.45, 2.75) is 46.0 Å². The number of aromatic nitrogens is 2. The van der Waals surface area contributed by atoms with E-state index in [1.165, 1.54) is 16.7 Å². The molecule has 1 unspecified atom stereocenters. The summed E-state index contributed by atoms with van der Waals surface area (Å²) < 4.78 is 0. The molecule has 3 rings (SSSR count). The molecule has 0 fully saturated rings. The third-order valence-electron chi connectivity index (χ3n) is 4.39. The van der Waals surface area contributed by atoms with Crippen LogP contribution >= 0.6 is 0 Å². The maximum atomic E-state index is 4.83. The fourth-order valence-corrected chi connectivity index (χ4v) is 3.05. The van der Waals surface area contributed by atoms with Crippen molar-refractivity contribution in [2.75, 3.05) is 11.9 Å². The second-order valence-corrected chi connectivity index (χ2v) is 5.86. The van der Waals surface area contributed by atoms with Crippen LogP contribution < -0.4 is 5.32 Å². The predicted octanol–water partition coefficient (Wildman–Crippen LogP) is 3.99. The Kier molecular flexibility index (Phi) is 3.91. The zero-order valence-corrected chi connectivity index (χ0v) is 13.1. The molecule has 0 saturated carbocycles. The van der Waals surface area contributed by atoms with Crippen LogP contribution in [-0.4, -0.2) is 16.5 Å². The summed E-state index contributed by atoms with van der Waals surface area (Å²) in [4.78, 5) is 9.60. The molecule has 0 bridgehead atoms. The molecule has 1 aliphatic rings. The summed E-state index contributed by atoms with van der Waals surface area (Å²) in [6.45, 7) is 7.31. The van der Waals surface area contributed by atoms with Crippen LogP contribution in [0.15, 0.2) is 24.3 Å². The van der Waals surface area contributed by atoms with Crippen molar-refractivity contribution in [1.82, 2.24) is 9.97 Å². The molecular weight excluding hydrogens is 258 g/mol. The normalized spacial score (nSPS) is 16.8. The van der Waals surface area contributed by atoms with Crippen LogP contribution in [0.25, 0.3) is 0 Å². The number of fused-ring (bicyclic) bond motifs is 1. The first kappa shape index (κ1) is 14.1. The predicted molar refractivity (Wildman–Crippen MR) is 86.9 cm³/mol. The average Bonchev–Trinajstić information content (AvgIpc) is 2.92. The number of benzene rings is 1. The number of hydrogen-bond donors (Lipinski definition) is 1. The van der Waals surface area contributed by atoms with Crippen molar-refractivity contribution in [2.24, 2.45) is 0 Å². The van der Waals surface area contributed by atoms with E-state index < -0.39 is 0 Å². The fraction of sp³-hybridized carbons (Fsp3) is 0.444. The highest BCUT2D eigenvalue weighted by atomic mass is 15.0. The van der Waals surface area contributed by atoms with Gasteiger partial charge in [0.05, 0.1) is 0 Å². The Morgan fingerprint density at radius 2 is 2.00 bits per heavy atom. The lowest BCUT2D eigenvalue weighted by atomic mass is 10.00. The van der Waals surface area contributed by atoms with Gasteiger partial charge >= 0.3 is 0 Å². The first-order chi connectivity index (χ1) is 10.2. The van der Waals surface area contributed by atoms with Crippen LogP contribution in [0.2, 0.25) is 0 Å². The van der Waals surface area contributed by atoms with Gasteiger partial charge < -0.3 is 5.32 Å². The lowest BCUT2D eigenvalue weighted by Gasteiger charge is -2.16. The highest BCUT2D eigenvalue weighted by molar-refractivity contribution is 5.47.